The smallest absolute Gasteiger partial charge is 0.0976 e. The summed E-state index contributed by atoms with van der Waals surface area (Å²) in [5, 5.41) is 0. The molecule has 0 spiro atoms. The number of alkyl halides is 1. The van der Waals surface area contributed by atoms with E-state index in [-0.39, 0.29) is 0 Å². The van der Waals surface area contributed by atoms with E-state index in [2.05, 4.69) is 80.6 Å². The fourth-order valence-electron chi connectivity index (χ4n) is 4.11. The van der Waals surface area contributed by atoms with E-state index in [1.165, 1.54) is 39.0 Å². The molecule has 0 saturated carbocycles. The average Bonchev–Trinajstić information content (AvgIpc) is 3.02. The van der Waals surface area contributed by atoms with Crippen molar-refractivity contribution in [2.45, 2.75) is 66.7 Å². The number of aryl methyl sites for hydroxylation is 2. The summed E-state index contributed by atoms with van der Waals surface area (Å²) in [5.41, 5.74) is 10.8. The summed E-state index contributed by atoms with van der Waals surface area (Å²) in [6.45, 7) is 16.0. The highest BCUT2D eigenvalue weighted by Crippen LogP contribution is 2.34. The zero-order valence-corrected chi connectivity index (χ0v) is 18.9. The third kappa shape index (κ3) is 4.89. The van der Waals surface area contributed by atoms with Crippen molar-refractivity contribution in [2.75, 3.05) is 0 Å². The van der Waals surface area contributed by atoms with Crippen molar-refractivity contribution >= 4 is 11.3 Å². The van der Waals surface area contributed by atoms with Crippen molar-refractivity contribution in [1.29, 1.82) is 0 Å². The molecule has 0 radical (unpaired) electrons. The first-order valence-corrected chi connectivity index (χ1v) is 10.8. The van der Waals surface area contributed by atoms with Gasteiger partial charge in [0.05, 0.1) is 6.17 Å². The fraction of sp³-hybridized carbons (Fsp3) is 0.370. The Bertz CT molecular complexity index is 998. The molecule has 2 heterocycles. The first-order chi connectivity index (χ1) is 14.3. The van der Waals surface area contributed by atoms with Gasteiger partial charge in [-0.05, 0) is 81.4 Å². The molecule has 1 aromatic heterocycles. The van der Waals surface area contributed by atoms with Crippen LogP contribution in [0.2, 0.25) is 0 Å². The summed E-state index contributed by atoms with van der Waals surface area (Å²) in [6.07, 6.45) is 6.81. The minimum Gasteiger partial charge on any atom is -0.363 e. The molecule has 3 rings (SSSR count). The Kier molecular flexibility index (Phi) is 6.91. The zero-order valence-electron chi connectivity index (χ0n) is 18.9. The van der Waals surface area contributed by atoms with Crippen molar-refractivity contribution in [3.63, 3.8) is 0 Å². The van der Waals surface area contributed by atoms with Gasteiger partial charge >= 0.3 is 0 Å². The zero-order chi connectivity index (χ0) is 21.8. The average molecular weight is 405 g/mol. The summed E-state index contributed by atoms with van der Waals surface area (Å²) >= 11 is 0. The first kappa shape index (κ1) is 22.0. The van der Waals surface area contributed by atoms with Gasteiger partial charge in [-0.25, -0.2) is 4.39 Å². The van der Waals surface area contributed by atoms with Crippen LogP contribution in [0, 0.1) is 13.8 Å². The summed E-state index contributed by atoms with van der Waals surface area (Å²) in [7, 11) is 0. The lowest BCUT2D eigenvalue weighted by Gasteiger charge is -2.21. The lowest BCUT2D eigenvalue weighted by atomic mass is 9.97. The second kappa shape index (κ2) is 9.42. The molecule has 0 fully saturated rings. The Hall–Kier alpha value is -2.68. The summed E-state index contributed by atoms with van der Waals surface area (Å²) in [6, 6.07) is 8.77. The number of hydrogen-bond donors (Lipinski definition) is 0. The highest BCUT2D eigenvalue weighted by molar-refractivity contribution is 5.75. The predicted octanol–water partition coefficient (Wildman–Crippen LogP) is 7.17. The van der Waals surface area contributed by atoms with Crippen LogP contribution in [0.25, 0.3) is 11.3 Å². The molecule has 30 heavy (non-hydrogen) atoms. The topological polar surface area (TPSA) is 16.1 Å². The van der Waals surface area contributed by atoms with E-state index in [1.807, 2.05) is 6.20 Å². The van der Waals surface area contributed by atoms with Gasteiger partial charge in [0.15, 0.2) is 0 Å². The predicted molar refractivity (Wildman–Crippen MR) is 126 cm³/mol. The van der Waals surface area contributed by atoms with Crippen LogP contribution >= 0.6 is 0 Å². The van der Waals surface area contributed by atoms with Crippen molar-refractivity contribution in [3.05, 3.63) is 88.3 Å². The quantitative estimate of drug-likeness (QED) is 0.455. The molecule has 0 bridgehead atoms. The van der Waals surface area contributed by atoms with Gasteiger partial charge < -0.3 is 4.90 Å². The van der Waals surface area contributed by atoms with Crippen LogP contribution < -0.4 is 0 Å². The Labute approximate surface area is 180 Å². The number of pyridine rings is 1. The molecule has 3 heteroatoms. The van der Waals surface area contributed by atoms with Crippen molar-refractivity contribution in [3.8, 4) is 0 Å². The number of fused-ring (bicyclic) bond motifs is 1. The Balaban J connectivity index is 1.75. The molecule has 1 atom stereocenters. The number of halogens is 1. The van der Waals surface area contributed by atoms with Crippen LogP contribution in [0.15, 0.2) is 54.8 Å². The molecule has 0 saturated heterocycles. The second-order valence-corrected chi connectivity index (χ2v) is 8.43. The molecule has 1 unspecified atom stereocenters. The summed E-state index contributed by atoms with van der Waals surface area (Å²) in [5.74, 6) is 0. The van der Waals surface area contributed by atoms with E-state index in [1.54, 1.807) is 6.92 Å². The van der Waals surface area contributed by atoms with Crippen LogP contribution in [-0.2, 0) is 13.1 Å². The third-order valence-electron chi connectivity index (χ3n) is 5.94. The fourth-order valence-corrected chi connectivity index (χ4v) is 4.11. The van der Waals surface area contributed by atoms with E-state index in [9.17, 15) is 4.39 Å². The van der Waals surface area contributed by atoms with Gasteiger partial charge in [0, 0.05) is 36.2 Å². The largest absolute Gasteiger partial charge is 0.363 e. The number of benzene rings is 1. The highest BCUT2D eigenvalue weighted by atomic mass is 19.1. The summed E-state index contributed by atoms with van der Waals surface area (Å²) < 4.78 is 13.1. The molecule has 0 amide bonds. The molecule has 1 aromatic carbocycles. The molecule has 1 aliphatic heterocycles. The molecule has 2 nitrogen and oxygen atoms in total. The van der Waals surface area contributed by atoms with Crippen LogP contribution in [0.5, 0.6) is 0 Å². The number of nitrogens with zero attached hydrogens (tertiary/aromatic N) is 2. The number of aromatic nitrogens is 1. The van der Waals surface area contributed by atoms with E-state index in [0.717, 1.165) is 30.9 Å². The van der Waals surface area contributed by atoms with Crippen LogP contribution in [-0.4, -0.2) is 16.1 Å². The monoisotopic (exact) mass is 404 g/mol. The van der Waals surface area contributed by atoms with E-state index in [0.29, 0.717) is 6.42 Å². The minimum atomic E-state index is -0.755. The Morgan fingerprint density at radius 1 is 1.30 bits per heavy atom. The van der Waals surface area contributed by atoms with Gasteiger partial charge in [-0.2, -0.15) is 0 Å². The molecule has 0 aliphatic carbocycles. The maximum atomic E-state index is 13.1. The van der Waals surface area contributed by atoms with Crippen molar-refractivity contribution < 1.29 is 4.39 Å². The van der Waals surface area contributed by atoms with Crippen LogP contribution in [0.4, 0.5) is 4.39 Å². The van der Waals surface area contributed by atoms with Gasteiger partial charge in [-0.15, -0.1) is 0 Å². The molecular weight excluding hydrogens is 371 g/mol. The number of allylic oxidation sites excluding steroid dienone is 4. The van der Waals surface area contributed by atoms with Gasteiger partial charge in [0.25, 0.3) is 0 Å². The second-order valence-electron chi connectivity index (χ2n) is 8.43. The van der Waals surface area contributed by atoms with Crippen molar-refractivity contribution in [1.82, 2.24) is 9.88 Å². The van der Waals surface area contributed by atoms with Gasteiger partial charge in [-0.1, -0.05) is 42.5 Å². The molecule has 158 valence electrons. The Morgan fingerprint density at radius 2 is 2.07 bits per heavy atom. The van der Waals surface area contributed by atoms with Crippen LogP contribution in [0.3, 0.4) is 0 Å². The lowest BCUT2D eigenvalue weighted by molar-refractivity contribution is 0.341. The van der Waals surface area contributed by atoms with Gasteiger partial charge in [-0.3, -0.25) is 4.98 Å². The maximum absolute atomic E-state index is 13.1. The molecular formula is C27H33FN2. The molecule has 0 N–H and O–H groups in total. The Morgan fingerprint density at radius 3 is 2.70 bits per heavy atom. The maximum Gasteiger partial charge on any atom is 0.0976 e. The number of hydrogen-bond acceptors (Lipinski definition) is 2. The first-order valence-electron chi connectivity index (χ1n) is 10.8. The lowest BCUT2D eigenvalue weighted by Crippen LogP contribution is -2.15. The normalized spacial score (nSPS) is 15.5. The summed E-state index contributed by atoms with van der Waals surface area (Å²) in [4.78, 5) is 6.76. The van der Waals surface area contributed by atoms with E-state index >= 15 is 0 Å². The van der Waals surface area contributed by atoms with Crippen molar-refractivity contribution in [2.24, 2.45) is 0 Å². The standard InChI is InChI=1S/C27H33FN2/c1-7-23(14-18(2)8-9-20(4)28)24-10-11-25(19(3)15-24)16-30-17-26-12-13-29-21(5)27(26)22(30)6/h7,10-15,20H,6,8-9,16-17H2,1-5H3/b18-14-,23-7+. The third-order valence-corrected chi connectivity index (χ3v) is 5.94. The number of rotatable bonds is 7. The highest BCUT2D eigenvalue weighted by Gasteiger charge is 2.24. The molecule has 2 aromatic rings. The van der Waals surface area contributed by atoms with E-state index in [4.69, 9.17) is 0 Å². The molecule has 1 aliphatic rings. The van der Waals surface area contributed by atoms with Crippen LogP contribution in [0.1, 0.15) is 67.1 Å². The minimum absolute atomic E-state index is 0.578. The van der Waals surface area contributed by atoms with Gasteiger partial charge in [0.2, 0.25) is 0 Å². The van der Waals surface area contributed by atoms with E-state index < -0.39 is 6.17 Å². The SMILES string of the molecule is C=C1c2c(ccnc2C)CN1Cc1ccc(C(/C=C(/C)CCC(C)F)=C/C)cc1C. The van der Waals surface area contributed by atoms with Gasteiger partial charge in [0.1, 0.15) is 0 Å².